The largest absolute Gasteiger partial charge is 0.492 e. The van der Waals surface area contributed by atoms with Gasteiger partial charge in [0.1, 0.15) is 6.10 Å². The Kier molecular flexibility index (Phi) is 2.94. The molecule has 1 unspecified atom stereocenters. The lowest BCUT2D eigenvalue weighted by Crippen LogP contribution is -2.33. The van der Waals surface area contributed by atoms with Crippen LogP contribution in [0.4, 0.5) is 0 Å². The van der Waals surface area contributed by atoms with E-state index in [0.717, 1.165) is 38.7 Å². The van der Waals surface area contributed by atoms with Crippen LogP contribution >= 0.6 is 0 Å². The van der Waals surface area contributed by atoms with E-state index in [1.807, 2.05) is 4.68 Å². The Hall–Kier alpha value is -0.845. The third-order valence-electron chi connectivity index (χ3n) is 3.47. The summed E-state index contributed by atoms with van der Waals surface area (Å²) in [7, 11) is -1.46. The van der Waals surface area contributed by atoms with Crippen LogP contribution in [-0.4, -0.2) is 33.6 Å². The van der Waals surface area contributed by atoms with Gasteiger partial charge < -0.3 is 14.8 Å². The Morgan fingerprint density at radius 1 is 1.29 bits per heavy atom. The first-order valence-corrected chi connectivity index (χ1v) is 6.32. The minimum atomic E-state index is -1.46. The molecule has 92 valence electrons. The van der Waals surface area contributed by atoms with E-state index in [-0.39, 0.29) is 6.10 Å². The summed E-state index contributed by atoms with van der Waals surface area (Å²) in [4.78, 5) is 0. The monoisotopic (exact) mass is 236 g/mol. The number of rotatable bonds is 3. The molecule has 17 heavy (non-hydrogen) atoms. The van der Waals surface area contributed by atoms with Gasteiger partial charge in [0, 0.05) is 18.3 Å². The Morgan fingerprint density at radius 3 is 2.71 bits per heavy atom. The van der Waals surface area contributed by atoms with Gasteiger partial charge in [-0.15, -0.1) is 0 Å². The molecule has 1 aliphatic heterocycles. The lowest BCUT2D eigenvalue weighted by molar-refractivity contribution is 0.0124. The van der Waals surface area contributed by atoms with Crippen molar-refractivity contribution in [2.75, 3.05) is 6.61 Å². The number of ether oxygens (including phenoxy) is 1. The lowest BCUT2D eigenvalue weighted by Gasteiger charge is -2.21. The summed E-state index contributed by atoms with van der Waals surface area (Å²) in [6.07, 6.45) is 7.07. The molecule has 0 amide bonds. The molecule has 1 saturated carbocycles. The molecule has 1 aromatic heterocycles. The van der Waals surface area contributed by atoms with E-state index in [1.165, 1.54) is 0 Å². The number of hydrogen-bond acceptors (Lipinski definition) is 4. The van der Waals surface area contributed by atoms with Crippen LogP contribution in [0.3, 0.4) is 0 Å². The fourth-order valence-corrected chi connectivity index (χ4v) is 2.35. The summed E-state index contributed by atoms with van der Waals surface area (Å²) in [5.74, 6) is 0. The van der Waals surface area contributed by atoms with Crippen LogP contribution in [-0.2, 0) is 4.74 Å². The smallest absolute Gasteiger partial charge is 0.423 e. The molecule has 5 nitrogen and oxygen atoms in total. The van der Waals surface area contributed by atoms with Crippen molar-refractivity contribution < 1.29 is 14.8 Å². The van der Waals surface area contributed by atoms with Crippen LogP contribution in [0.2, 0.25) is 0 Å². The van der Waals surface area contributed by atoms with Gasteiger partial charge in [0.05, 0.1) is 11.7 Å². The molecule has 0 bridgehead atoms. The topological polar surface area (TPSA) is 67.5 Å². The second kappa shape index (κ2) is 4.44. The predicted octanol–water partition coefficient (Wildman–Crippen LogP) is 0.139. The van der Waals surface area contributed by atoms with Crippen molar-refractivity contribution in [3.05, 3.63) is 11.9 Å². The van der Waals surface area contributed by atoms with Crippen molar-refractivity contribution in [2.45, 2.75) is 44.2 Å². The minimum absolute atomic E-state index is 0.0689. The van der Waals surface area contributed by atoms with Gasteiger partial charge in [-0.25, -0.2) is 0 Å². The van der Waals surface area contributed by atoms with E-state index in [0.29, 0.717) is 17.2 Å². The minimum Gasteiger partial charge on any atom is -0.423 e. The zero-order valence-electron chi connectivity index (χ0n) is 9.75. The van der Waals surface area contributed by atoms with Crippen molar-refractivity contribution in [1.29, 1.82) is 0 Å². The molecule has 0 aromatic carbocycles. The Morgan fingerprint density at radius 2 is 2.12 bits per heavy atom. The molecule has 1 atom stereocenters. The Labute approximate surface area is 101 Å². The first kappa shape index (κ1) is 11.3. The van der Waals surface area contributed by atoms with Gasteiger partial charge in [0.2, 0.25) is 0 Å². The van der Waals surface area contributed by atoms with Gasteiger partial charge >= 0.3 is 7.12 Å². The highest BCUT2D eigenvalue weighted by Gasteiger charge is 2.32. The van der Waals surface area contributed by atoms with E-state index >= 15 is 0 Å². The van der Waals surface area contributed by atoms with E-state index in [9.17, 15) is 10.0 Å². The molecule has 0 radical (unpaired) electrons. The molecule has 2 N–H and O–H groups in total. The number of hydrogen-bond donors (Lipinski definition) is 2. The molecular weight excluding hydrogens is 219 g/mol. The Balaban J connectivity index is 1.89. The molecule has 0 spiro atoms. The number of nitrogens with zero attached hydrogens (tertiary/aromatic N) is 2. The van der Waals surface area contributed by atoms with Crippen molar-refractivity contribution in [1.82, 2.24) is 9.78 Å². The fourth-order valence-electron chi connectivity index (χ4n) is 2.35. The van der Waals surface area contributed by atoms with Gasteiger partial charge in [0.15, 0.2) is 0 Å². The van der Waals surface area contributed by atoms with E-state index in [2.05, 4.69) is 5.10 Å². The van der Waals surface area contributed by atoms with Gasteiger partial charge in [-0.05, 0) is 32.1 Å². The van der Waals surface area contributed by atoms with E-state index in [4.69, 9.17) is 4.74 Å². The highest BCUT2D eigenvalue weighted by molar-refractivity contribution is 6.59. The molecule has 6 heteroatoms. The maximum atomic E-state index is 9.40. The van der Waals surface area contributed by atoms with Gasteiger partial charge in [-0.2, -0.15) is 5.10 Å². The summed E-state index contributed by atoms with van der Waals surface area (Å²) in [6, 6.07) is 0.449. The van der Waals surface area contributed by atoms with Crippen LogP contribution < -0.4 is 5.46 Å². The fraction of sp³-hybridized carbons (Fsp3) is 0.727. The normalized spacial score (nSPS) is 24.9. The molecule has 2 aliphatic rings. The summed E-state index contributed by atoms with van der Waals surface area (Å²) in [6.45, 7) is 0.738. The quantitative estimate of drug-likeness (QED) is 0.732. The molecule has 3 rings (SSSR count). The molecule has 2 fully saturated rings. The van der Waals surface area contributed by atoms with Gasteiger partial charge in [0.25, 0.3) is 0 Å². The van der Waals surface area contributed by atoms with Gasteiger partial charge in [-0.3, -0.25) is 4.68 Å². The first-order valence-electron chi connectivity index (χ1n) is 6.32. The third kappa shape index (κ3) is 2.25. The van der Waals surface area contributed by atoms with E-state index < -0.39 is 7.12 Å². The maximum absolute atomic E-state index is 9.40. The zero-order chi connectivity index (χ0) is 11.8. The van der Waals surface area contributed by atoms with Crippen molar-refractivity contribution in [2.24, 2.45) is 0 Å². The average molecular weight is 236 g/mol. The highest BCUT2D eigenvalue weighted by atomic mass is 16.5. The van der Waals surface area contributed by atoms with Crippen LogP contribution in [0.5, 0.6) is 0 Å². The van der Waals surface area contributed by atoms with Crippen LogP contribution in [0.15, 0.2) is 6.20 Å². The summed E-state index contributed by atoms with van der Waals surface area (Å²) < 4.78 is 7.53. The van der Waals surface area contributed by atoms with Crippen LogP contribution in [0.1, 0.15) is 49.9 Å². The van der Waals surface area contributed by atoms with Crippen molar-refractivity contribution in [3.63, 3.8) is 0 Å². The van der Waals surface area contributed by atoms with Crippen LogP contribution in [0, 0.1) is 0 Å². The Bertz CT molecular complexity index is 397. The highest BCUT2D eigenvalue weighted by Crippen LogP contribution is 2.35. The molecular formula is C11H17BN2O3. The maximum Gasteiger partial charge on any atom is 0.492 e. The summed E-state index contributed by atoms with van der Waals surface area (Å²) in [5, 5.41) is 23.3. The molecule has 2 heterocycles. The van der Waals surface area contributed by atoms with Gasteiger partial charge in [-0.1, -0.05) is 0 Å². The summed E-state index contributed by atoms with van der Waals surface area (Å²) in [5.41, 5.74) is 1.22. The lowest BCUT2D eigenvalue weighted by atomic mass is 9.79. The average Bonchev–Trinajstić information content (AvgIpc) is 3.09. The summed E-state index contributed by atoms with van der Waals surface area (Å²) >= 11 is 0. The third-order valence-corrected chi connectivity index (χ3v) is 3.47. The molecule has 1 saturated heterocycles. The second-order valence-corrected chi connectivity index (χ2v) is 4.91. The molecule has 1 aliphatic carbocycles. The predicted molar refractivity (Wildman–Crippen MR) is 62.9 cm³/mol. The standard InChI is InChI=1S/C11H17BN2O3/c15-12(16)9-7-14(8-4-5-8)13-11(9)10-3-1-2-6-17-10/h7-8,10,15-16H,1-6H2. The SMILES string of the molecule is OB(O)c1cn(C2CC2)nc1C1CCCCO1. The second-order valence-electron chi connectivity index (χ2n) is 4.91. The van der Waals surface area contributed by atoms with Crippen LogP contribution in [0.25, 0.3) is 0 Å². The molecule has 1 aromatic rings. The first-order chi connectivity index (χ1) is 8.25. The van der Waals surface area contributed by atoms with Crippen molar-refractivity contribution >= 4 is 12.6 Å². The number of aromatic nitrogens is 2. The zero-order valence-corrected chi connectivity index (χ0v) is 9.75. The van der Waals surface area contributed by atoms with E-state index in [1.54, 1.807) is 6.20 Å². The van der Waals surface area contributed by atoms with Crippen molar-refractivity contribution in [3.8, 4) is 0 Å².